The van der Waals surface area contributed by atoms with Crippen LogP contribution in [0.2, 0.25) is 0 Å². The molecule has 0 bridgehead atoms. The van der Waals surface area contributed by atoms with Crippen LogP contribution < -0.4 is 0 Å². The molecule has 6 atom stereocenters. The Bertz CT molecular complexity index is 876. The molecule has 33 heavy (non-hydrogen) atoms. The summed E-state index contributed by atoms with van der Waals surface area (Å²) in [4.78, 5) is 0. The second-order valence-corrected chi connectivity index (χ2v) is 14.5. The van der Waals surface area contributed by atoms with Crippen LogP contribution in [0.25, 0.3) is 0 Å². The van der Waals surface area contributed by atoms with Gasteiger partial charge >= 0.3 is 0 Å². The zero-order valence-corrected chi connectivity index (χ0v) is 21.1. The number of halogens is 6. The van der Waals surface area contributed by atoms with Crippen LogP contribution in [0.3, 0.4) is 0 Å². The monoisotopic (exact) mass is 530 g/mol. The summed E-state index contributed by atoms with van der Waals surface area (Å²) in [7, 11) is -11.7. The highest BCUT2D eigenvalue weighted by Crippen LogP contribution is 2.55. The minimum Gasteiger partial charge on any atom is -0.240 e. The van der Waals surface area contributed by atoms with Crippen molar-refractivity contribution in [2.75, 3.05) is 0 Å². The van der Waals surface area contributed by atoms with E-state index in [1.165, 1.54) is 27.7 Å². The molecule has 0 aromatic heterocycles. The quantitative estimate of drug-likeness (QED) is 0.438. The van der Waals surface area contributed by atoms with Crippen LogP contribution in [0.5, 0.6) is 0 Å². The van der Waals surface area contributed by atoms with Gasteiger partial charge in [0.15, 0.2) is 21.8 Å². The highest BCUT2D eigenvalue weighted by molar-refractivity contribution is 8.01. The predicted octanol–water partition coefficient (Wildman–Crippen LogP) is 5.26. The fourth-order valence-electron chi connectivity index (χ4n) is 4.83. The molecule has 2 rings (SSSR count). The van der Waals surface area contributed by atoms with Crippen molar-refractivity contribution < 1.29 is 46.8 Å². The molecule has 0 amide bonds. The molecule has 0 aromatic rings. The van der Waals surface area contributed by atoms with Gasteiger partial charge in [0.2, 0.25) is 0 Å². The van der Waals surface area contributed by atoms with E-state index in [2.05, 4.69) is 3.63 Å². The molecule has 2 fully saturated rings. The lowest BCUT2D eigenvalue weighted by Crippen LogP contribution is -2.65. The van der Waals surface area contributed by atoms with Crippen molar-refractivity contribution in [2.45, 2.75) is 101 Å². The summed E-state index contributed by atoms with van der Waals surface area (Å²) in [5, 5.41) is 0. The molecule has 0 N–H and O–H groups in total. The summed E-state index contributed by atoms with van der Waals surface area (Å²) in [5.41, 5.74) is 0. The van der Waals surface area contributed by atoms with Crippen LogP contribution in [-0.4, -0.2) is 50.5 Å². The van der Waals surface area contributed by atoms with Crippen LogP contribution in [0.15, 0.2) is 0 Å². The highest BCUT2D eigenvalue weighted by Gasteiger charge is 2.72. The molecule has 0 saturated heterocycles. The molecule has 0 aromatic carbocycles. The Balaban J connectivity index is 2.47. The Morgan fingerprint density at radius 2 is 0.970 bits per heavy atom. The van der Waals surface area contributed by atoms with Gasteiger partial charge in [-0.2, -0.15) is 16.8 Å². The summed E-state index contributed by atoms with van der Waals surface area (Å²) in [5.74, 6) is -12.6. The maximum Gasteiger partial charge on any atom is 0.300 e. The van der Waals surface area contributed by atoms with E-state index in [1.54, 1.807) is 0 Å². The van der Waals surface area contributed by atoms with Crippen molar-refractivity contribution in [2.24, 2.45) is 23.7 Å². The van der Waals surface area contributed by atoms with Crippen molar-refractivity contribution in [1.82, 2.24) is 0 Å². The molecule has 2 aliphatic carbocycles. The van der Waals surface area contributed by atoms with Gasteiger partial charge in [0.05, 0.1) is 0 Å². The van der Waals surface area contributed by atoms with Crippen molar-refractivity contribution in [1.29, 1.82) is 0 Å². The Kier molecular flexibility index (Phi) is 7.41. The summed E-state index contributed by atoms with van der Waals surface area (Å²) >= 11 is 0. The fourth-order valence-corrected chi connectivity index (χ4v) is 8.60. The molecule has 2 aliphatic rings. The Morgan fingerprint density at radius 1 is 0.697 bits per heavy atom. The number of rotatable bonds is 6. The van der Waals surface area contributed by atoms with Gasteiger partial charge in [0.1, 0.15) is 0 Å². The topological polar surface area (TPSA) is 77.5 Å². The average Bonchev–Trinajstić information content (AvgIpc) is 2.63. The summed E-state index contributed by atoms with van der Waals surface area (Å²) in [6.07, 6.45) is -8.19. The SMILES string of the molecule is CC(C)C1CCC(C)(S(=O)(=O)OS(=O)(=O)C2(C)CCC(C(C)C)C(F)C2(F)F)C(F)(F)C1F. The van der Waals surface area contributed by atoms with Crippen LogP contribution in [0, 0.1) is 23.7 Å². The van der Waals surface area contributed by atoms with Crippen LogP contribution >= 0.6 is 0 Å². The standard InChI is InChI=1S/C20H32F6O5S2/c1-11(2)13-7-9-17(5,19(23,24)15(13)21)32(27,28)31-33(29,30)18(6)10-8-14(12(3)4)16(22)20(18,25)26/h11-16H,7-10H2,1-6H3. The van der Waals surface area contributed by atoms with E-state index in [9.17, 15) is 43.2 Å². The summed E-state index contributed by atoms with van der Waals surface area (Å²) in [6.45, 7) is 6.80. The first kappa shape index (κ1) is 28.7. The van der Waals surface area contributed by atoms with E-state index in [4.69, 9.17) is 0 Å². The summed E-state index contributed by atoms with van der Waals surface area (Å²) in [6, 6.07) is 0. The molecule has 5 nitrogen and oxygen atoms in total. The Hall–Kier alpha value is -0.560. The van der Waals surface area contributed by atoms with Gasteiger partial charge < -0.3 is 0 Å². The first-order valence-corrected chi connectivity index (χ1v) is 13.7. The lowest BCUT2D eigenvalue weighted by molar-refractivity contribution is -0.153. The van der Waals surface area contributed by atoms with Gasteiger partial charge in [0.25, 0.3) is 32.1 Å². The van der Waals surface area contributed by atoms with E-state index in [0.29, 0.717) is 13.8 Å². The largest absolute Gasteiger partial charge is 0.300 e. The van der Waals surface area contributed by atoms with Crippen molar-refractivity contribution in [3.63, 3.8) is 0 Å². The van der Waals surface area contributed by atoms with Gasteiger partial charge in [-0.3, -0.25) is 0 Å². The van der Waals surface area contributed by atoms with Crippen LogP contribution in [0.1, 0.15) is 67.2 Å². The smallest absolute Gasteiger partial charge is 0.240 e. The van der Waals surface area contributed by atoms with Crippen LogP contribution in [-0.2, 0) is 23.9 Å². The van der Waals surface area contributed by atoms with Gasteiger partial charge in [-0.1, -0.05) is 27.7 Å². The minimum absolute atomic E-state index is 0.316. The lowest BCUT2D eigenvalue weighted by Gasteiger charge is -2.47. The zero-order chi connectivity index (χ0) is 26.0. The Labute approximate surface area is 191 Å². The minimum atomic E-state index is -5.85. The molecule has 196 valence electrons. The van der Waals surface area contributed by atoms with Gasteiger partial charge in [0, 0.05) is 0 Å². The third-order valence-corrected chi connectivity index (χ3v) is 12.4. The molecule has 0 radical (unpaired) electrons. The molecule has 2 saturated carbocycles. The third kappa shape index (κ3) is 4.11. The number of hydrogen-bond acceptors (Lipinski definition) is 5. The second-order valence-electron chi connectivity index (χ2n) is 10.4. The van der Waals surface area contributed by atoms with E-state index >= 15 is 0 Å². The first-order chi connectivity index (χ1) is 14.6. The van der Waals surface area contributed by atoms with Crippen molar-refractivity contribution >= 4 is 20.2 Å². The predicted molar refractivity (Wildman–Crippen MR) is 111 cm³/mol. The fraction of sp³-hybridized carbons (Fsp3) is 1.00. The maximum atomic E-state index is 15.0. The number of hydrogen-bond donors (Lipinski definition) is 0. The molecular weight excluding hydrogens is 498 g/mol. The normalized spacial score (nSPS) is 39.7. The van der Waals surface area contributed by atoms with E-state index in [0.717, 1.165) is 0 Å². The molecule has 13 heteroatoms. The Morgan fingerprint density at radius 3 is 1.21 bits per heavy atom. The first-order valence-electron chi connectivity index (χ1n) is 10.8. The molecule has 6 unspecified atom stereocenters. The summed E-state index contributed by atoms with van der Waals surface area (Å²) < 4.78 is 138. The van der Waals surface area contributed by atoms with Gasteiger partial charge in [-0.25, -0.2) is 26.3 Å². The lowest BCUT2D eigenvalue weighted by atomic mass is 9.73. The van der Waals surface area contributed by atoms with E-state index in [1.807, 2.05) is 0 Å². The molecule has 0 spiro atoms. The maximum absolute atomic E-state index is 15.0. The molecule has 0 heterocycles. The third-order valence-electron chi connectivity index (χ3n) is 7.76. The van der Waals surface area contributed by atoms with Gasteiger partial charge in [-0.05, 0) is 63.2 Å². The van der Waals surface area contributed by atoms with E-state index in [-0.39, 0.29) is 12.8 Å². The van der Waals surface area contributed by atoms with Crippen LogP contribution in [0.4, 0.5) is 26.3 Å². The second kappa shape index (κ2) is 8.53. The highest BCUT2D eigenvalue weighted by atomic mass is 32.3. The number of alkyl halides is 6. The molecular formula is C20H32F6O5S2. The average molecular weight is 531 g/mol. The van der Waals surface area contributed by atoms with Gasteiger partial charge in [-0.15, -0.1) is 3.63 Å². The molecule has 0 aliphatic heterocycles. The van der Waals surface area contributed by atoms with Crippen molar-refractivity contribution in [3.05, 3.63) is 0 Å². The van der Waals surface area contributed by atoms with Crippen molar-refractivity contribution in [3.8, 4) is 0 Å². The zero-order valence-electron chi connectivity index (χ0n) is 19.4. The van der Waals surface area contributed by atoms with E-state index < -0.39 is 90.4 Å².